The Labute approximate surface area is 103 Å². The topological polar surface area (TPSA) is 49.8 Å². The first-order chi connectivity index (χ1) is 8.15. The van der Waals surface area contributed by atoms with E-state index in [-0.39, 0.29) is 0 Å². The van der Waals surface area contributed by atoms with E-state index in [4.69, 9.17) is 0 Å². The van der Waals surface area contributed by atoms with Gasteiger partial charge >= 0.3 is 0 Å². The third-order valence-electron chi connectivity index (χ3n) is 3.13. The molecule has 0 spiro atoms. The molecule has 2 N–H and O–H groups in total. The van der Waals surface area contributed by atoms with Gasteiger partial charge in [0.2, 0.25) is 5.95 Å². The molecule has 94 valence electrons. The molecule has 4 nitrogen and oxygen atoms in total. The minimum absolute atomic E-state index is 0.446. The number of nitrogens with zero attached hydrogens (tertiary/aromatic N) is 2. The first kappa shape index (κ1) is 12.3. The Bertz CT molecular complexity index is 370. The molecule has 1 aromatic heterocycles. The number of anilines is 1. The second-order valence-electron chi connectivity index (χ2n) is 5.09. The normalized spacial score (nSPS) is 19.9. The van der Waals surface area contributed by atoms with Crippen LogP contribution < -0.4 is 10.6 Å². The molecule has 0 saturated carbocycles. The van der Waals surface area contributed by atoms with Crippen LogP contribution in [0.25, 0.3) is 0 Å². The van der Waals surface area contributed by atoms with Gasteiger partial charge in [-0.3, -0.25) is 0 Å². The van der Waals surface area contributed by atoms with Crippen LogP contribution in [0.3, 0.4) is 0 Å². The summed E-state index contributed by atoms with van der Waals surface area (Å²) in [5, 5.41) is 6.80. The molecule has 1 aliphatic heterocycles. The lowest BCUT2D eigenvalue weighted by molar-refractivity contribution is 0.630. The summed E-state index contributed by atoms with van der Waals surface area (Å²) in [6.45, 7) is 8.39. The van der Waals surface area contributed by atoms with E-state index in [1.165, 1.54) is 12.8 Å². The molecule has 1 atom stereocenters. The lowest BCUT2D eigenvalue weighted by Gasteiger charge is -2.13. The zero-order valence-corrected chi connectivity index (χ0v) is 11.0. The van der Waals surface area contributed by atoms with Gasteiger partial charge in [-0.25, -0.2) is 9.97 Å². The van der Waals surface area contributed by atoms with Gasteiger partial charge in [0.05, 0.1) is 0 Å². The van der Waals surface area contributed by atoms with Crippen molar-refractivity contribution >= 4 is 5.95 Å². The minimum atomic E-state index is 0.446. The van der Waals surface area contributed by atoms with Gasteiger partial charge < -0.3 is 10.6 Å². The van der Waals surface area contributed by atoms with Gasteiger partial charge in [0.1, 0.15) is 0 Å². The molecule has 2 heterocycles. The van der Waals surface area contributed by atoms with Crippen LogP contribution in [-0.4, -0.2) is 29.1 Å². The second kappa shape index (κ2) is 5.45. The van der Waals surface area contributed by atoms with E-state index in [2.05, 4.69) is 40.5 Å². The maximum atomic E-state index is 4.54. The fourth-order valence-corrected chi connectivity index (χ4v) is 2.11. The average Bonchev–Trinajstić information content (AvgIpc) is 2.78. The average molecular weight is 234 g/mol. The molecule has 2 rings (SSSR count). The summed E-state index contributed by atoms with van der Waals surface area (Å²) >= 11 is 0. The lowest BCUT2D eigenvalue weighted by atomic mass is 10.1. The zero-order valence-electron chi connectivity index (χ0n) is 11.0. The number of rotatable bonds is 4. The quantitative estimate of drug-likeness (QED) is 0.837. The van der Waals surface area contributed by atoms with E-state index < -0.39 is 0 Å². The number of hydrogen-bond donors (Lipinski definition) is 2. The largest absolute Gasteiger partial charge is 0.353 e. The zero-order chi connectivity index (χ0) is 12.3. The standard InChI is InChI=1S/C13H22N4/c1-9(2)12-7-10(3)16-13(17-12)15-8-11-5-4-6-14-11/h7,9,11,14H,4-6,8H2,1-3H3,(H,15,16,17). The van der Waals surface area contributed by atoms with Gasteiger partial charge in [-0.1, -0.05) is 13.8 Å². The summed E-state index contributed by atoms with van der Waals surface area (Å²) in [4.78, 5) is 8.97. The highest BCUT2D eigenvalue weighted by Crippen LogP contribution is 2.14. The predicted molar refractivity (Wildman–Crippen MR) is 70.4 cm³/mol. The highest BCUT2D eigenvalue weighted by atomic mass is 15.1. The minimum Gasteiger partial charge on any atom is -0.353 e. The van der Waals surface area contributed by atoms with E-state index in [9.17, 15) is 0 Å². The molecule has 0 radical (unpaired) electrons. The molecule has 17 heavy (non-hydrogen) atoms. The first-order valence-electron chi connectivity index (χ1n) is 6.48. The smallest absolute Gasteiger partial charge is 0.223 e. The van der Waals surface area contributed by atoms with Crippen molar-refractivity contribution in [3.8, 4) is 0 Å². The van der Waals surface area contributed by atoms with Crippen molar-refractivity contribution in [1.29, 1.82) is 0 Å². The predicted octanol–water partition coefficient (Wildman–Crippen LogP) is 2.07. The van der Waals surface area contributed by atoms with Gasteiger partial charge in [0, 0.05) is 24.0 Å². The molecular weight excluding hydrogens is 212 g/mol. The number of nitrogens with one attached hydrogen (secondary N) is 2. The monoisotopic (exact) mass is 234 g/mol. The van der Waals surface area contributed by atoms with E-state index in [0.29, 0.717) is 12.0 Å². The summed E-state index contributed by atoms with van der Waals surface area (Å²) in [6.07, 6.45) is 2.52. The van der Waals surface area contributed by atoms with Crippen molar-refractivity contribution in [2.24, 2.45) is 0 Å². The first-order valence-corrected chi connectivity index (χ1v) is 6.48. The van der Waals surface area contributed by atoms with Crippen LogP contribution in [0.15, 0.2) is 6.07 Å². The fourth-order valence-electron chi connectivity index (χ4n) is 2.11. The second-order valence-corrected chi connectivity index (χ2v) is 5.09. The number of aryl methyl sites for hydroxylation is 1. The highest BCUT2D eigenvalue weighted by Gasteiger charge is 2.14. The van der Waals surface area contributed by atoms with Gasteiger partial charge in [-0.2, -0.15) is 0 Å². The highest BCUT2D eigenvalue weighted by molar-refractivity contribution is 5.29. The van der Waals surface area contributed by atoms with E-state index in [0.717, 1.165) is 30.4 Å². The van der Waals surface area contributed by atoms with Crippen molar-refractivity contribution in [3.63, 3.8) is 0 Å². The Kier molecular flexibility index (Phi) is 3.94. The maximum Gasteiger partial charge on any atom is 0.223 e. The molecule has 1 unspecified atom stereocenters. The van der Waals surface area contributed by atoms with E-state index in [1.807, 2.05) is 6.92 Å². The van der Waals surface area contributed by atoms with Crippen molar-refractivity contribution in [3.05, 3.63) is 17.5 Å². The molecule has 0 aliphatic carbocycles. The molecule has 1 aliphatic rings. The summed E-state index contributed by atoms with van der Waals surface area (Å²) in [5.74, 6) is 1.21. The Morgan fingerprint density at radius 3 is 2.94 bits per heavy atom. The van der Waals surface area contributed by atoms with E-state index in [1.54, 1.807) is 0 Å². The Morgan fingerprint density at radius 1 is 1.47 bits per heavy atom. The van der Waals surface area contributed by atoms with Crippen molar-refractivity contribution < 1.29 is 0 Å². The van der Waals surface area contributed by atoms with Gasteiger partial charge in [-0.05, 0) is 38.3 Å². The summed E-state index contributed by atoms with van der Waals surface area (Å²) in [6, 6.07) is 2.63. The Morgan fingerprint density at radius 2 is 2.29 bits per heavy atom. The molecule has 1 fully saturated rings. The SMILES string of the molecule is Cc1cc(C(C)C)nc(NCC2CCCN2)n1. The lowest BCUT2D eigenvalue weighted by Crippen LogP contribution is -2.29. The third-order valence-corrected chi connectivity index (χ3v) is 3.13. The van der Waals surface area contributed by atoms with E-state index >= 15 is 0 Å². The molecule has 0 aromatic carbocycles. The van der Waals surface area contributed by atoms with Crippen LogP contribution in [0.1, 0.15) is 44.0 Å². The third kappa shape index (κ3) is 3.40. The molecule has 1 saturated heterocycles. The maximum absolute atomic E-state index is 4.54. The summed E-state index contributed by atoms with van der Waals surface area (Å²) in [5.41, 5.74) is 2.14. The summed E-state index contributed by atoms with van der Waals surface area (Å²) in [7, 11) is 0. The van der Waals surface area contributed by atoms with Gasteiger partial charge in [0.15, 0.2) is 0 Å². The molecule has 0 bridgehead atoms. The van der Waals surface area contributed by atoms with Crippen molar-refractivity contribution in [2.75, 3.05) is 18.4 Å². The van der Waals surface area contributed by atoms with Crippen LogP contribution in [-0.2, 0) is 0 Å². The Hall–Kier alpha value is -1.16. The van der Waals surface area contributed by atoms with Gasteiger partial charge in [0.25, 0.3) is 0 Å². The van der Waals surface area contributed by atoms with Crippen molar-refractivity contribution in [1.82, 2.24) is 15.3 Å². The molecular formula is C13H22N4. The van der Waals surface area contributed by atoms with Crippen LogP contribution in [0.4, 0.5) is 5.95 Å². The number of aromatic nitrogens is 2. The van der Waals surface area contributed by atoms with Gasteiger partial charge in [-0.15, -0.1) is 0 Å². The van der Waals surface area contributed by atoms with Crippen LogP contribution in [0.5, 0.6) is 0 Å². The molecule has 1 aromatic rings. The summed E-state index contributed by atoms with van der Waals surface area (Å²) < 4.78 is 0. The Balaban J connectivity index is 1.99. The fraction of sp³-hybridized carbons (Fsp3) is 0.692. The van der Waals surface area contributed by atoms with Crippen molar-refractivity contribution in [2.45, 2.75) is 45.6 Å². The van der Waals surface area contributed by atoms with Crippen LogP contribution in [0, 0.1) is 6.92 Å². The van der Waals surface area contributed by atoms with Crippen LogP contribution in [0.2, 0.25) is 0 Å². The number of hydrogen-bond acceptors (Lipinski definition) is 4. The van der Waals surface area contributed by atoms with Crippen LogP contribution >= 0.6 is 0 Å². The molecule has 4 heteroatoms. The molecule has 0 amide bonds.